The Labute approximate surface area is 187 Å². The van der Waals surface area contributed by atoms with Crippen LogP contribution in [0.3, 0.4) is 0 Å². The van der Waals surface area contributed by atoms with Gasteiger partial charge in [-0.1, -0.05) is 31.5 Å². The van der Waals surface area contributed by atoms with Crippen LogP contribution in [0.15, 0.2) is 41.1 Å². The number of ether oxygens (including phenoxy) is 1. The van der Waals surface area contributed by atoms with Crippen LogP contribution in [0.25, 0.3) is 10.9 Å². The van der Waals surface area contributed by atoms with Gasteiger partial charge >= 0.3 is 5.97 Å². The molecule has 0 saturated carbocycles. The van der Waals surface area contributed by atoms with Crippen LogP contribution in [0.2, 0.25) is 0 Å². The van der Waals surface area contributed by atoms with E-state index in [0.717, 1.165) is 55.2 Å². The number of unbranched alkanes of at least 4 members (excludes halogenated alkanes) is 1. The number of carbonyl (C=O) groups excluding carboxylic acids is 2. The Morgan fingerprint density at radius 1 is 1.28 bits per heavy atom. The van der Waals surface area contributed by atoms with Crippen molar-refractivity contribution in [3.63, 3.8) is 0 Å². The van der Waals surface area contributed by atoms with Gasteiger partial charge in [-0.3, -0.25) is 4.79 Å². The number of aromatic nitrogens is 2. The lowest BCUT2D eigenvalue weighted by Gasteiger charge is -2.19. The number of H-pyrrole nitrogens is 1. The van der Waals surface area contributed by atoms with E-state index < -0.39 is 17.9 Å². The van der Waals surface area contributed by atoms with Crippen molar-refractivity contribution >= 4 is 22.8 Å². The van der Waals surface area contributed by atoms with Crippen molar-refractivity contribution in [3.05, 3.63) is 53.9 Å². The number of piperidine rings is 1. The molecule has 1 saturated heterocycles. The molecule has 8 heteroatoms. The number of rotatable bonds is 9. The molecular weight excluding hydrogens is 408 g/mol. The highest BCUT2D eigenvalue weighted by Gasteiger charge is 2.27. The molecule has 32 heavy (non-hydrogen) atoms. The minimum atomic E-state index is -0.822. The Morgan fingerprint density at radius 2 is 2.09 bits per heavy atom. The van der Waals surface area contributed by atoms with E-state index in [4.69, 9.17) is 9.15 Å². The number of aromatic amines is 1. The lowest BCUT2D eigenvalue weighted by molar-refractivity contribution is -0.146. The second-order valence-corrected chi connectivity index (χ2v) is 8.21. The Hall–Kier alpha value is -3.13. The first-order valence-electron chi connectivity index (χ1n) is 11.3. The highest BCUT2D eigenvalue weighted by Crippen LogP contribution is 2.24. The van der Waals surface area contributed by atoms with Gasteiger partial charge in [0.15, 0.2) is 11.6 Å². The summed E-state index contributed by atoms with van der Waals surface area (Å²) in [5, 5.41) is 7.14. The summed E-state index contributed by atoms with van der Waals surface area (Å²) in [5.74, 6) is -0.0976. The topological polar surface area (TPSA) is 109 Å². The number of fused-ring (bicyclic) bond motifs is 1. The fourth-order valence-electron chi connectivity index (χ4n) is 4.01. The second kappa shape index (κ2) is 10.5. The van der Waals surface area contributed by atoms with E-state index in [2.05, 4.69) is 20.6 Å². The van der Waals surface area contributed by atoms with Crippen molar-refractivity contribution in [1.82, 2.24) is 20.6 Å². The third-order valence-corrected chi connectivity index (χ3v) is 5.87. The average molecular weight is 439 g/mol. The van der Waals surface area contributed by atoms with E-state index >= 15 is 0 Å². The minimum Gasteiger partial charge on any atom is -0.464 e. The predicted octanol–water partition coefficient (Wildman–Crippen LogP) is 3.31. The number of hydrogen-bond acceptors (Lipinski definition) is 6. The van der Waals surface area contributed by atoms with Crippen LogP contribution in [0.5, 0.6) is 0 Å². The zero-order valence-electron chi connectivity index (χ0n) is 18.4. The van der Waals surface area contributed by atoms with Crippen LogP contribution < -0.4 is 10.6 Å². The number of esters is 1. The van der Waals surface area contributed by atoms with Gasteiger partial charge in [0.25, 0.3) is 5.91 Å². The maximum Gasteiger partial charge on any atom is 0.328 e. The zero-order chi connectivity index (χ0) is 22.3. The summed E-state index contributed by atoms with van der Waals surface area (Å²) in [5.41, 5.74) is 2.10. The molecule has 4 rings (SSSR count). The predicted molar refractivity (Wildman–Crippen MR) is 120 cm³/mol. The monoisotopic (exact) mass is 438 g/mol. The molecule has 0 spiro atoms. The maximum atomic E-state index is 12.9. The fraction of sp³-hybridized carbons (Fsp3) is 0.458. The molecule has 170 valence electrons. The number of para-hydroxylation sites is 1. The van der Waals surface area contributed by atoms with Crippen molar-refractivity contribution < 1.29 is 18.7 Å². The largest absolute Gasteiger partial charge is 0.464 e. The molecule has 3 heterocycles. The van der Waals surface area contributed by atoms with Gasteiger partial charge in [-0.2, -0.15) is 0 Å². The van der Waals surface area contributed by atoms with Gasteiger partial charge in [-0.15, -0.1) is 0 Å². The minimum absolute atomic E-state index is 0.184. The molecule has 2 aromatic heterocycles. The van der Waals surface area contributed by atoms with Gasteiger partial charge in [0.2, 0.25) is 0 Å². The molecule has 8 nitrogen and oxygen atoms in total. The Balaban J connectivity index is 1.48. The Kier molecular flexibility index (Phi) is 7.21. The van der Waals surface area contributed by atoms with Gasteiger partial charge in [-0.25, -0.2) is 9.78 Å². The van der Waals surface area contributed by atoms with Gasteiger partial charge in [0, 0.05) is 29.4 Å². The third-order valence-electron chi connectivity index (χ3n) is 5.87. The maximum absolute atomic E-state index is 12.9. The molecule has 0 bridgehead atoms. The molecule has 1 unspecified atom stereocenters. The normalized spacial score (nSPS) is 15.5. The number of amides is 1. The van der Waals surface area contributed by atoms with Crippen molar-refractivity contribution in [2.75, 3.05) is 19.7 Å². The van der Waals surface area contributed by atoms with Crippen molar-refractivity contribution in [2.45, 2.75) is 51.0 Å². The highest BCUT2D eigenvalue weighted by atomic mass is 16.5. The number of carbonyl (C=O) groups is 2. The first-order chi connectivity index (χ1) is 15.7. The van der Waals surface area contributed by atoms with Crippen LogP contribution in [0.1, 0.15) is 60.5 Å². The smallest absolute Gasteiger partial charge is 0.328 e. The molecule has 0 radical (unpaired) electrons. The summed E-state index contributed by atoms with van der Waals surface area (Å²) in [4.78, 5) is 33.3. The standard InChI is InChI=1S/C24H30N4O4/c1-2-3-12-31-24(30)20(13-17-14-26-19-7-5-4-6-18(17)19)27-22(29)21-15-32-23(28-21)16-8-10-25-11-9-16/h4-7,14-16,20,25-26H,2-3,8-13H2,1H3,(H,27,29). The van der Waals surface area contributed by atoms with E-state index in [1.165, 1.54) is 6.26 Å². The van der Waals surface area contributed by atoms with Crippen molar-refractivity contribution in [1.29, 1.82) is 0 Å². The number of benzene rings is 1. The molecule has 3 N–H and O–H groups in total. The van der Waals surface area contributed by atoms with Crippen LogP contribution in [0, 0.1) is 0 Å². The lowest BCUT2D eigenvalue weighted by atomic mass is 9.98. The quantitative estimate of drug-likeness (QED) is 0.349. The molecule has 1 aliphatic rings. The second-order valence-electron chi connectivity index (χ2n) is 8.21. The summed E-state index contributed by atoms with van der Waals surface area (Å²) < 4.78 is 11.0. The summed E-state index contributed by atoms with van der Waals surface area (Å²) in [6, 6.07) is 7.04. The Morgan fingerprint density at radius 3 is 2.91 bits per heavy atom. The molecule has 1 aliphatic heterocycles. The molecule has 1 atom stereocenters. The van der Waals surface area contributed by atoms with Crippen molar-refractivity contribution in [2.24, 2.45) is 0 Å². The van der Waals surface area contributed by atoms with E-state index in [1.807, 2.05) is 37.4 Å². The molecule has 1 amide bonds. The summed E-state index contributed by atoms with van der Waals surface area (Å²) in [6.45, 7) is 4.18. The Bertz CT molecular complexity index is 1050. The van der Waals surface area contributed by atoms with E-state index in [-0.39, 0.29) is 11.6 Å². The van der Waals surface area contributed by atoms with Gasteiger partial charge in [0.05, 0.1) is 6.61 Å². The first kappa shape index (κ1) is 22.1. The summed E-state index contributed by atoms with van der Waals surface area (Å²) in [7, 11) is 0. The number of nitrogens with zero attached hydrogens (tertiary/aromatic N) is 1. The van der Waals surface area contributed by atoms with Gasteiger partial charge in [-0.05, 0) is 44.0 Å². The first-order valence-corrected chi connectivity index (χ1v) is 11.3. The molecule has 1 aromatic carbocycles. The summed E-state index contributed by atoms with van der Waals surface area (Å²) in [6.07, 6.45) is 7.11. The van der Waals surface area contributed by atoms with Gasteiger partial charge in [0.1, 0.15) is 12.3 Å². The third kappa shape index (κ3) is 5.19. The van der Waals surface area contributed by atoms with Crippen LogP contribution in [0.4, 0.5) is 0 Å². The fourth-order valence-corrected chi connectivity index (χ4v) is 4.01. The van der Waals surface area contributed by atoms with Crippen LogP contribution in [-0.2, 0) is 16.0 Å². The van der Waals surface area contributed by atoms with E-state index in [9.17, 15) is 9.59 Å². The SMILES string of the molecule is CCCCOC(=O)C(Cc1c[nH]c2ccccc12)NC(=O)c1coc(C2CCNCC2)n1. The molecule has 1 fully saturated rings. The number of nitrogens with one attached hydrogen (secondary N) is 3. The molecular formula is C24H30N4O4. The zero-order valence-corrected chi connectivity index (χ0v) is 18.4. The number of hydrogen-bond donors (Lipinski definition) is 3. The average Bonchev–Trinajstić information content (AvgIpc) is 3.47. The van der Waals surface area contributed by atoms with E-state index in [1.54, 1.807) is 0 Å². The van der Waals surface area contributed by atoms with E-state index in [0.29, 0.717) is 18.9 Å². The van der Waals surface area contributed by atoms with Gasteiger partial charge < -0.3 is 24.8 Å². The highest BCUT2D eigenvalue weighted by molar-refractivity contribution is 5.95. The molecule has 3 aromatic rings. The van der Waals surface area contributed by atoms with Crippen LogP contribution >= 0.6 is 0 Å². The molecule has 0 aliphatic carbocycles. The summed E-state index contributed by atoms with van der Waals surface area (Å²) >= 11 is 0. The van der Waals surface area contributed by atoms with Crippen LogP contribution in [-0.4, -0.2) is 47.6 Å². The lowest BCUT2D eigenvalue weighted by Crippen LogP contribution is -2.43. The van der Waals surface area contributed by atoms with Crippen molar-refractivity contribution in [3.8, 4) is 0 Å². The number of oxazole rings is 1.